The molecule has 0 bridgehead atoms. The van der Waals surface area contributed by atoms with Gasteiger partial charge in [-0.25, -0.2) is 4.39 Å². The monoisotopic (exact) mass is 384 g/mol. The summed E-state index contributed by atoms with van der Waals surface area (Å²) in [4.78, 5) is 31.4. The molecule has 7 heteroatoms. The highest BCUT2D eigenvalue weighted by molar-refractivity contribution is 7.98. The first-order valence-corrected chi connectivity index (χ1v) is 9.34. The lowest BCUT2D eigenvalue weighted by Gasteiger charge is -2.10. The van der Waals surface area contributed by atoms with Crippen molar-refractivity contribution in [2.75, 3.05) is 11.6 Å². The second-order valence-corrected chi connectivity index (χ2v) is 6.52. The molecule has 138 valence electrons. The minimum Gasteiger partial charge on any atom is -0.406 e. The fraction of sp³-hybridized carbons (Fsp3) is 0.100. The van der Waals surface area contributed by atoms with Gasteiger partial charge in [-0.1, -0.05) is 18.2 Å². The van der Waals surface area contributed by atoms with Gasteiger partial charge in [0.1, 0.15) is 18.0 Å². The molecule has 0 spiro atoms. The van der Waals surface area contributed by atoms with E-state index in [0.29, 0.717) is 11.3 Å². The van der Waals surface area contributed by atoms with Crippen LogP contribution in [0.4, 0.5) is 10.1 Å². The molecule has 1 N–H and O–H groups in total. The zero-order chi connectivity index (χ0) is 19.2. The number of nitrogens with zero attached hydrogens (tertiary/aromatic N) is 1. The third kappa shape index (κ3) is 4.77. The van der Waals surface area contributed by atoms with Gasteiger partial charge in [0.25, 0.3) is 11.5 Å². The lowest BCUT2D eigenvalue weighted by molar-refractivity contribution is 0.0863. The van der Waals surface area contributed by atoms with Crippen LogP contribution in [0.15, 0.2) is 76.6 Å². The molecule has 27 heavy (non-hydrogen) atoms. The van der Waals surface area contributed by atoms with Gasteiger partial charge in [-0.3, -0.25) is 9.59 Å². The number of aromatic nitrogens is 1. The van der Waals surface area contributed by atoms with Gasteiger partial charge in [0.15, 0.2) is 0 Å². The van der Waals surface area contributed by atoms with Gasteiger partial charge in [0.05, 0.1) is 0 Å². The van der Waals surface area contributed by atoms with Crippen molar-refractivity contribution in [3.05, 3.63) is 94.2 Å². The molecule has 0 aliphatic rings. The molecule has 0 radical (unpaired) electrons. The molecule has 0 unspecified atom stereocenters. The van der Waals surface area contributed by atoms with E-state index >= 15 is 0 Å². The Kier molecular flexibility index (Phi) is 5.93. The Morgan fingerprint density at radius 2 is 1.93 bits per heavy atom. The summed E-state index contributed by atoms with van der Waals surface area (Å²) in [6, 6.07) is 16.1. The second-order valence-electron chi connectivity index (χ2n) is 5.64. The van der Waals surface area contributed by atoms with Crippen LogP contribution >= 0.6 is 11.8 Å². The summed E-state index contributed by atoms with van der Waals surface area (Å²) in [6.07, 6.45) is 3.37. The number of benzene rings is 2. The van der Waals surface area contributed by atoms with E-state index in [9.17, 15) is 14.0 Å². The van der Waals surface area contributed by atoms with Crippen LogP contribution in [0.1, 0.15) is 15.9 Å². The molecule has 3 aromatic rings. The standard InChI is InChI=1S/C20H17FN2O3S/c1-27-17-5-2-4-16(12-17)22-19(24)18-6-3-11-23(20(18)25)26-13-14-7-9-15(21)10-8-14/h2-12H,13H2,1H3,(H,22,24). The van der Waals surface area contributed by atoms with E-state index in [4.69, 9.17) is 4.84 Å². The maximum absolute atomic E-state index is 12.9. The molecule has 1 heterocycles. The molecule has 3 rings (SSSR count). The molecule has 1 amide bonds. The molecular formula is C20H17FN2O3S. The third-order valence-corrected chi connectivity index (χ3v) is 4.50. The SMILES string of the molecule is CSc1cccc(NC(=O)c2cccn(OCc3ccc(F)cc3)c2=O)c1. The number of halogens is 1. The van der Waals surface area contributed by atoms with Crippen LogP contribution in [0.5, 0.6) is 0 Å². The van der Waals surface area contributed by atoms with Crippen LogP contribution in [0.3, 0.4) is 0 Å². The van der Waals surface area contributed by atoms with Crippen LogP contribution in [0, 0.1) is 5.82 Å². The van der Waals surface area contributed by atoms with Crippen molar-refractivity contribution in [1.82, 2.24) is 4.73 Å². The van der Waals surface area contributed by atoms with Gasteiger partial charge >= 0.3 is 0 Å². The first-order valence-electron chi connectivity index (χ1n) is 8.11. The first kappa shape index (κ1) is 18.7. The molecule has 0 aliphatic carbocycles. The van der Waals surface area contributed by atoms with E-state index in [1.165, 1.54) is 24.4 Å². The van der Waals surface area contributed by atoms with Gasteiger partial charge in [-0.2, -0.15) is 4.73 Å². The van der Waals surface area contributed by atoms with E-state index in [1.807, 2.05) is 24.5 Å². The van der Waals surface area contributed by atoms with Crippen LogP contribution in [-0.4, -0.2) is 16.9 Å². The predicted molar refractivity (Wildman–Crippen MR) is 104 cm³/mol. The molecule has 0 atom stereocenters. The first-order chi connectivity index (χ1) is 13.1. The predicted octanol–water partition coefficient (Wildman–Crippen LogP) is 3.59. The molecule has 0 fully saturated rings. The maximum Gasteiger partial charge on any atom is 0.295 e. The summed E-state index contributed by atoms with van der Waals surface area (Å²) in [7, 11) is 0. The average Bonchev–Trinajstić information content (AvgIpc) is 2.68. The van der Waals surface area contributed by atoms with Crippen molar-refractivity contribution in [1.29, 1.82) is 0 Å². The maximum atomic E-state index is 12.9. The number of amides is 1. The van der Waals surface area contributed by atoms with Crippen molar-refractivity contribution in [3.8, 4) is 0 Å². The van der Waals surface area contributed by atoms with Crippen molar-refractivity contribution in [3.63, 3.8) is 0 Å². The zero-order valence-corrected chi connectivity index (χ0v) is 15.3. The Morgan fingerprint density at radius 3 is 2.67 bits per heavy atom. The number of pyridine rings is 1. The Morgan fingerprint density at radius 1 is 1.15 bits per heavy atom. The summed E-state index contributed by atoms with van der Waals surface area (Å²) in [5, 5.41) is 2.72. The number of anilines is 1. The summed E-state index contributed by atoms with van der Waals surface area (Å²) in [6.45, 7) is 0.0705. The Balaban J connectivity index is 1.74. The largest absolute Gasteiger partial charge is 0.406 e. The van der Waals surface area contributed by atoms with E-state index in [0.717, 1.165) is 9.63 Å². The molecule has 5 nitrogen and oxygen atoms in total. The van der Waals surface area contributed by atoms with Crippen molar-refractivity contribution in [2.45, 2.75) is 11.5 Å². The number of carbonyl (C=O) groups is 1. The van der Waals surface area contributed by atoms with E-state index in [2.05, 4.69) is 5.32 Å². The number of thioether (sulfide) groups is 1. The highest BCUT2D eigenvalue weighted by Gasteiger charge is 2.13. The average molecular weight is 384 g/mol. The Labute approximate surface area is 159 Å². The molecular weight excluding hydrogens is 367 g/mol. The van der Waals surface area contributed by atoms with Crippen molar-refractivity contribution in [2.24, 2.45) is 0 Å². The summed E-state index contributed by atoms with van der Waals surface area (Å²) in [5.41, 5.74) is 0.699. The van der Waals surface area contributed by atoms with Gasteiger partial charge in [0.2, 0.25) is 0 Å². The molecule has 1 aromatic heterocycles. The number of hydrogen-bond acceptors (Lipinski definition) is 4. The normalized spacial score (nSPS) is 10.4. The fourth-order valence-electron chi connectivity index (χ4n) is 2.37. The summed E-state index contributed by atoms with van der Waals surface area (Å²) >= 11 is 1.56. The minimum atomic E-state index is -0.571. The van der Waals surface area contributed by atoms with Gasteiger partial charge in [-0.15, -0.1) is 11.8 Å². The Bertz CT molecular complexity index is 1000. The van der Waals surface area contributed by atoms with Crippen LogP contribution in [0.2, 0.25) is 0 Å². The highest BCUT2D eigenvalue weighted by atomic mass is 32.2. The van der Waals surface area contributed by atoms with Gasteiger partial charge in [-0.05, 0) is 54.3 Å². The molecule has 0 saturated heterocycles. The minimum absolute atomic E-state index is 0.0360. The number of rotatable bonds is 6. The van der Waals surface area contributed by atoms with E-state index in [-0.39, 0.29) is 18.0 Å². The fourth-order valence-corrected chi connectivity index (χ4v) is 2.83. The lowest BCUT2D eigenvalue weighted by atomic mass is 10.2. The zero-order valence-electron chi connectivity index (χ0n) is 14.5. The van der Waals surface area contributed by atoms with Crippen molar-refractivity contribution >= 4 is 23.4 Å². The lowest BCUT2D eigenvalue weighted by Crippen LogP contribution is -2.32. The molecule has 0 saturated carbocycles. The summed E-state index contributed by atoms with van der Waals surface area (Å²) in [5.74, 6) is -0.863. The van der Waals surface area contributed by atoms with Crippen LogP contribution in [0.25, 0.3) is 0 Å². The third-order valence-electron chi connectivity index (χ3n) is 3.77. The number of nitrogens with one attached hydrogen (secondary N) is 1. The molecule has 0 aliphatic heterocycles. The van der Waals surface area contributed by atoms with Crippen LogP contribution < -0.4 is 15.7 Å². The molecule has 2 aromatic carbocycles. The van der Waals surface area contributed by atoms with Gasteiger partial charge < -0.3 is 10.2 Å². The van der Waals surface area contributed by atoms with Crippen molar-refractivity contribution < 1.29 is 14.0 Å². The van der Waals surface area contributed by atoms with Crippen LogP contribution in [-0.2, 0) is 6.61 Å². The topological polar surface area (TPSA) is 60.3 Å². The highest BCUT2D eigenvalue weighted by Crippen LogP contribution is 2.19. The number of carbonyl (C=O) groups excluding carboxylic acids is 1. The Hall–Kier alpha value is -3.06. The van der Waals surface area contributed by atoms with E-state index in [1.54, 1.807) is 36.0 Å². The van der Waals surface area contributed by atoms with Gasteiger partial charge in [0, 0.05) is 16.8 Å². The quantitative estimate of drug-likeness (QED) is 0.660. The van der Waals surface area contributed by atoms with E-state index < -0.39 is 11.5 Å². The summed E-state index contributed by atoms with van der Waals surface area (Å²) < 4.78 is 13.9. The second kappa shape index (κ2) is 8.55. The number of hydrogen-bond donors (Lipinski definition) is 1. The smallest absolute Gasteiger partial charge is 0.295 e.